The first-order chi connectivity index (χ1) is 14.2. The molecule has 1 N–H and O–H groups in total. The van der Waals surface area contributed by atoms with Gasteiger partial charge in [-0.15, -0.1) is 0 Å². The highest BCUT2D eigenvalue weighted by molar-refractivity contribution is 6.74. The van der Waals surface area contributed by atoms with Gasteiger partial charge in [0, 0.05) is 6.54 Å². The van der Waals surface area contributed by atoms with Gasteiger partial charge in [0.15, 0.2) is 8.32 Å². The second-order valence-electron chi connectivity index (χ2n) is 10.7. The summed E-state index contributed by atoms with van der Waals surface area (Å²) >= 11 is 0. The average molecular weight is 442 g/mol. The Morgan fingerprint density at radius 3 is 2.23 bits per heavy atom. The largest absolute Gasteiger partial charge is 0.444 e. The second-order valence-corrected chi connectivity index (χ2v) is 15.6. The molecule has 0 heterocycles. The minimum absolute atomic E-state index is 0.192. The van der Waals surface area contributed by atoms with Crippen molar-refractivity contribution in [3.8, 4) is 11.1 Å². The Hall–Kier alpha value is -2.11. The Morgan fingerprint density at radius 2 is 1.61 bits per heavy atom. The summed E-state index contributed by atoms with van der Waals surface area (Å²) in [4.78, 5) is 12.0. The number of alkyl carbamates (subject to hydrolysis) is 1. The summed E-state index contributed by atoms with van der Waals surface area (Å²) in [6.45, 7) is 20.0. The number of nitrogens with one attached hydrogen (secondary N) is 1. The van der Waals surface area contributed by atoms with Gasteiger partial charge < -0.3 is 14.5 Å². The number of benzene rings is 2. The zero-order chi connectivity index (χ0) is 23.4. The van der Waals surface area contributed by atoms with E-state index in [0.717, 1.165) is 22.3 Å². The molecule has 0 fully saturated rings. The van der Waals surface area contributed by atoms with E-state index in [0.29, 0.717) is 13.2 Å². The SMILES string of the molecule is Cc1ccc(-c2cccc(CO[Si](C)(C)C(C)(C)C)c2)cc1CNC(=O)OC(C)(C)C. The van der Waals surface area contributed by atoms with Crippen LogP contribution in [0.25, 0.3) is 11.1 Å². The number of aryl methyl sites for hydroxylation is 1. The van der Waals surface area contributed by atoms with Crippen LogP contribution < -0.4 is 5.32 Å². The third-order valence-corrected chi connectivity index (χ3v) is 10.3. The molecule has 170 valence electrons. The lowest BCUT2D eigenvalue weighted by atomic mass is 9.98. The van der Waals surface area contributed by atoms with E-state index in [1.165, 1.54) is 5.56 Å². The summed E-state index contributed by atoms with van der Waals surface area (Å²) in [5.74, 6) is 0. The van der Waals surface area contributed by atoms with Gasteiger partial charge in [-0.2, -0.15) is 0 Å². The topological polar surface area (TPSA) is 47.6 Å². The zero-order valence-electron chi connectivity index (χ0n) is 20.7. The minimum Gasteiger partial charge on any atom is -0.444 e. The molecule has 0 saturated carbocycles. The molecule has 2 aromatic carbocycles. The molecule has 0 radical (unpaired) electrons. The van der Waals surface area contributed by atoms with Crippen molar-refractivity contribution in [2.75, 3.05) is 0 Å². The van der Waals surface area contributed by atoms with E-state index in [1.807, 2.05) is 20.8 Å². The summed E-state index contributed by atoms with van der Waals surface area (Å²) in [7, 11) is -1.79. The molecule has 0 aliphatic carbocycles. The highest BCUT2D eigenvalue weighted by Gasteiger charge is 2.37. The van der Waals surface area contributed by atoms with Crippen LogP contribution in [0.2, 0.25) is 18.1 Å². The van der Waals surface area contributed by atoms with Crippen LogP contribution >= 0.6 is 0 Å². The number of carbonyl (C=O) groups is 1. The van der Waals surface area contributed by atoms with E-state index in [4.69, 9.17) is 9.16 Å². The van der Waals surface area contributed by atoms with Crippen molar-refractivity contribution in [3.63, 3.8) is 0 Å². The first-order valence-corrected chi connectivity index (χ1v) is 13.9. The van der Waals surface area contributed by atoms with Gasteiger partial charge in [0.2, 0.25) is 0 Å². The molecule has 0 unspecified atom stereocenters. The van der Waals surface area contributed by atoms with Gasteiger partial charge in [0.1, 0.15) is 5.60 Å². The number of carbonyl (C=O) groups excluding carboxylic acids is 1. The van der Waals surface area contributed by atoms with Crippen molar-refractivity contribution in [3.05, 3.63) is 59.2 Å². The third kappa shape index (κ3) is 7.51. The van der Waals surface area contributed by atoms with Crippen LogP contribution in [0, 0.1) is 6.92 Å². The van der Waals surface area contributed by atoms with Gasteiger partial charge in [-0.1, -0.05) is 51.1 Å². The predicted octanol–water partition coefficient (Wildman–Crippen LogP) is 7.21. The molecular formula is C26H39NO3Si. The van der Waals surface area contributed by atoms with Crippen molar-refractivity contribution < 1.29 is 14.0 Å². The fourth-order valence-corrected chi connectivity index (χ4v) is 3.80. The van der Waals surface area contributed by atoms with Crippen molar-refractivity contribution in [1.82, 2.24) is 5.32 Å². The Labute approximate surface area is 189 Å². The standard InChI is InChI=1S/C26H39NO3Si/c1-19-13-14-22(16-23(19)17-27-24(28)30-25(2,3)4)21-12-10-11-20(15-21)18-29-31(8,9)26(5,6)7/h10-16H,17-18H2,1-9H3,(H,27,28). The van der Waals surface area contributed by atoms with Gasteiger partial charge in [0.05, 0.1) is 6.61 Å². The number of amides is 1. The Kier molecular flexibility index (Phi) is 7.77. The summed E-state index contributed by atoms with van der Waals surface area (Å²) in [6.07, 6.45) is -0.401. The van der Waals surface area contributed by atoms with Gasteiger partial charge in [0.25, 0.3) is 0 Å². The summed E-state index contributed by atoms with van der Waals surface area (Å²) < 4.78 is 11.7. The second kappa shape index (κ2) is 9.57. The number of hydrogen-bond donors (Lipinski definition) is 1. The molecule has 0 aromatic heterocycles. The van der Waals surface area contributed by atoms with Crippen LogP contribution in [-0.4, -0.2) is 20.0 Å². The zero-order valence-corrected chi connectivity index (χ0v) is 21.7. The lowest BCUT2D eigenvalue weighted by molar-refractivity contribution is 0.0523. The average Bonchev–Trinajstić information content (AvgIpc) is 2.64. The van der Waals surface area contributed by atoms with Crippen LogP contribution in [0.5, 0.6) is 0 Å². The molecule has 0 aliphatic rings. The first-order valence-electron chi connectivity index (χ1n) is 11.0. The first kappa shape index (κ1) is 25.2. The number of hydrogen-bond acceptors (Lipinski definition) is 3. The fraction of sp³-hybridized carbons (Fsp3) is 0.500. The maximum atomic E-state index is 12.0. The van der Waals surface area contributed by atoms with E-state index in [9.17, 15) is 4.79 Å². The van der Waals surface area contributed by atoms with E-state index in [2.05, 4.69) is 88.6 Å². The van der Waals surface area contributed by atoms with Crippen LogP contribution in [0.3, 0.4) is 0 Å². The molecular weight excluding hydrogens is 402 g/mol. The van der Waals surface area contributed by atoms with Crippen molar-refractivity contribution in [1.29, 1.82) is 0 Å². The Bertz CT molecular complexity index is 908. The van der Waals surface area contributed by atoms with Crippen molar-refractivity contribution in [2.24, 2.45) is 0 Å². The summed E-state index contributed by atoms with van der Waals surface area (Å²) in [5.41, 5.74) is 5.16. The van der Waals surface area contributed by atoms with Crippen LogP contribution in [0.4, 0.5) is 4.79 Å². The highest BCUT2D eigenvalue weighted by Crippen LogP contribution is 2.37. The molecule has 5 heteroatoms. The van der Waals surface area contributed by atoms with Crippen LogP contribution in [0.15, 0.2) is 42.5 Å². The molecule has 0 saturated heterocycles. The molecule has 0 spiro atoms. The van der Waals surface area contributed by atoms with Gasteiger partial charge in [-0.25, -0.2) is 4.79 Å². The predicted molar refractivity (Wildman–Crippen MR) is 132 cm³/mol. The minimum atomic E-state index is -1.79. The van der Waals surface area contributed by atoms with Crippen molar-refractivity contribution in [2.45, 2.75) is 85.4 Å². The molecule has 0 atom stereocenters. The van der Waals surface area contributed by atoms with Gasteiger partial charge >= 0.3 is 6.09 Å². The third-order valence-electron chi connectivity index (χ3n) is 5.84. The van der Waals surface area contributed by atoms with E-state index >= 15 is 0 Å². The maximum absolute atomic E-state index is 12.0. The van der Waals surface area contributed by atoms with Crippen molar-refractivity contribution >= 4 is 14.4 Å². The Morgan fingerprint density at radius 1 is 0.968 bits per heavy atom. The number of ether oxygens (including phenoxy) is 1. The monoisotopic (exact) mass is 441 g/mol. The lowest BCUT2D eigenvalue weighted by Gasteiger charge is -2.36. The van der Waals surface area contributed by atoms with Gasteiger partial charge in [-0.3, -0.25) is 0 Å². The van der Waals surface area contributed by atoms with E-state index in [1.54, 1.807) is 0 Å². The number of rotatable bonds is 6. The van der Waals surface area contributed by atoms with Gasteiger partial charge in [-0.05, 0) is 85.8 Å². The molecule has 31 heavy (non-hydrogen) atoms. The summed E-state index contributed by atoms with van der Waals surface area (Å²) in [5, 5.41) is 3.05. The van der Waals surface area contributed by atoms with E-state index < -0.39 is 20.0 Å². The normalized spacial score (nSPS) is 12.5. The molecule has 4 nitrogen and oxygen atoms in total. The molecule has 2 aromatic rings. The molecule has 0 bridgehead atoms. The molecule has 1 amide bonds. The lowest BCUT2D eigenvalue weighted by Crippen LogP contribution is -2.40. The smallest absolute Gasteiger partial charge is 0.407 e. The maximum Gasteiger partial charge on any atom is 0.407 e. The fourth-order valence-electron chi connectivity index (χ4n) is 2.84. The molecule has 0 aliphatic heterocycles. The highest BCUT2D eigenvalue weighted by atomic mass is 28.4. The molecule has 2 rings (SSSR count). The van der Waals surface area contributed by atoms with Crippen LogP contribution in [-0.2, 0) is 22.3 Å². The Balaban J connectivity index is 2.14. The van der Waals surface area contributed by atoms with E-state index in [-0.39, 0.29) is 5.04 Å². The summed E-state index contributed by atoms with van der Waals surface area (Å²) in [6, 6.07) is 14.9. The quantitative estimate of drug-likeness (QED) is 0.482. The van der Waals surface area contributed by atoms with Crippen LogP contribution in [0.1, 0.15) is 58.2 Å².